The van der Waals surface area contributed by atoms with Gasteiger partial charge in [-0.2, -0.15) is 0 Å². The van der Waals surface area contributed by atoms with E-state index in [9.17, 15) is 13.2 Å². The Morgan fingerprint density at radius 3 is 2.55 bits per heavy atom. The molecule has 0 aliphatic carbocycles. The predicted molar refractivity (Wildman–Crippen MR) is 130 cm³/mol. The summed E-state index contributed by atoms with van der Waals surface area (Å²) in [5.41, 5.74) is 2.05. The molecule has 0 radical (unpaired) electrons. The Morgan fingerprint density at radius 2 is 1.85 bits per heavy atom. The highest BCUT2D eigenvalue weighted by atomic mass is 35.5. The first-order chi connectivity index (χ1) is 15.7. The number of carbonyl (C=O) groups is 1. The predicted octanol–water partition coefficient (Wildman–Crippen LogP) is 5.52. The van der Waals surface area contributed by atoms with Crippen molar-refractivity contribution < 1.29 is 22.7 Å². The summed E-state index contributed by atoms with van der Waals surface area (Å²) in [6, 6.07) is 14.7. The molecule has 33 heavy (non-hydrogen) atoms. The molecule has 0 aliphatic heterocycles. The molecule has 0 amide bonds. The molecule has 0 saturated carbocycles. The summed E-state index contributed by atoms with van der Waals surface area (Å²) in [7, 11) is -1.13. The van der Waals surface area contributed by atoms with Gasteiger partial charge < -0.3 is 9.47 Å². The minimum absolute atomic E-state index is 0.0176. The van der Waals surface area contributed by atoms with Crippen LogP contribution in [0.25, 0.3) is 21.3 Å². The summed E-state index contributed by atoms with van der Waals surface area (Å²) in [6.07, 6.45) is 0. The minimum Gasteiger partial charge on any atom is -0.497 e. The number of pyridine rings is 1. The third-order valence-corrected chi connectivity index (χ3v) is 7.53. The van der Waals surface area contributed by atoms with E-state index in [0.29, 0.717) is 48.4 Å². The molecular weight excluding hydrogens is 484 g/mol. The molecule has 2 heterocycles. The number of methoxy groups -OCH3 is 2. The molecule has 1 N–H and O–H groups in total. The van der Waals surface area contributed by atoms with Crippen LogP contribution in [0.4, 0.5) is 5.69 Å². The van der Waals surface area contributed by atoms with E-state index in [1.807, 2.05) is 6.07 Å². The van der Waals surface area contributed by atoms with Crippen molar-refractivity contribution in [1.82, 2.24) is 4.98 Å². The van der Waals surface area contributed by atoms with Crippen LogP contribution in [0.2, 0.25) is 5.02 Å². The summed E-state index contributed by atoms with van der Waals surface area (Å²) in [4.78, 5) is 18.0. The lowest BCUT2D eigenvalue weighted by atomic mass is 10.0. The Labute approximate surface area is 200 Å². The summed E-state index contributed by atoms with van der Waals surface area (Å²) >= 11 is 7.13. The number of nitrogens with one attached hydrogen (secondary N) is 1. The van der Waals surface area contributed by atoms with E-state index >= 15 is 0 Å². The van der Waals surface area contributed by atoms with E-state index < -0.39 is 16.0 Å². The fourth-order valence-electron chi connectivity index (χ4n) is 3.43. The van der Waals surface area contributed by atoms with Gasteiger partial charge in [-0.05, 0) is 48.9 Å². The van der Waals surface area contributed by atoms with E-state index in [-0.39, 0.29) is 4.90 Å². The van der Waals surface area contributed by atoms with E-state index in [4.69, 9.17) is 21.1 Å². The molecule has 170 valence electrons. The first-order valence-corrected chi connectivity index (χ1v) is 12.4. The SMILES string of the molecule is COC(=O)c1sc2nc(C)cc(NS(=O)(=O)c3cccc(Cl)c3)c2c1-c1cccc(OC)c1. The smallest absolute Gasteiger partial charge is 0.348 e. The number of rotatable bonds is 6. The number of ether oxygens (including phenoxy) is 2. The van der Waals surface area contributed by atoms with E-state index in [0.717, 1.165) is 11.3 Å². The number of aryl methyl sites for hydroxylation is 1. The molecule has 0 unspecified atom stereocenters. The minimum atomic E-state index is -3.97. The van der Waals surface area contributed by atoms with Crippen molar-refractivity contribution in [3.05, 3.63) is 70.2 Å². The number of fused-ring (bicyclic) bond motifs is 1. The lowest BCUT2D eigenvalue weighted by Gasteiger charge is -2.13. The van der Waals surface area contributed by atoms with Gasteiger partial charge in [0, 0.05) is 21.7 Å². The fourth-order valence-corrected chi connectivity index (χ4v) is 5.98. The molecule has 0 bridgehead atoms. The molecule has 0 atom stereocenters. The number of sulfonamides is 1. The van der Waals surface area contributed by atoms with Crippen LogP contribution in [0, 0.1) is 6.92 Å². The lowest BCUT2D eigenvalue weighted by molar-refractivity contribution is 0.0607. The van der Waals surface area contributed by atoms with Gasteiger partial charge >= 0.3 is 5.97 Å². The second-order valence-electron chi connectivity index (χ2n) is 7.08. The van der Waals surface area contributed by atoms with E-state index in [2.05, 4.69) is 9.71 Å². The number of anilines is 1. The van der Waals surface area contributed by atoms with Crippen molar-refractivity contribution in [2.24, 2.45) is 0 Å². The van der Waals surface area contributed by atoms with E-state index in [1.165, 1.54) is 19.2 Å². The Kier molecular flexibility index (Phi) is 6.29. The first-order valence-electron chi connectivity index (χ1n) is 9.68. The van der Waals surface area contributed by atoms with Gasteiger partial charge in [0.15, 0.2) is 0 Å². The number of hydrogen-bond acceptors (Lipinski definition) is 7. The zero-order chi connectivity index (χ0) is 23.8. The van der Waals surface area contributed by atoms with Gasteiger partial charge in [-0.15, -0.1) is 11.3 Å². The molecule has 0 fully saturated rings. The van der Waals surface area contributed by atoms with Gasteiger partial charge in [0.1, 0.15) is 15.5 Å². The molecule has 0 saturated heterocycles. The van der Waals surface area contributed by atoms with Crippen molar-refractivity contribution in [3.63, 3.8) is 0 Å². The molecule has 10 heteroatoms. The molecule has 0 spiro atoms. The Morgan fingerprint density at radius 1 is 1.09 bits per heavy atom. The normalized spacial score (nSPS) is 11.4. The standard InChI is InChI=1S/C23H19ClN2O5S2/c1-13-10-18(26-33(28,29)17-9-5-7-15(24)12-17)20-19(14-6-4-8-16(11-14)30-2)21(23(27)31-3)32-22(20)25-13/h4-12H,1-3H3,(H,25,26). The van der Waals surface area contributed by atoms with Crippen LogP contribution in [-0.2, 0) is 14.8 Å². The van der Waals surface area contributed by atoms with Gasteiger partial charge in [-0.1, -0.05) is 29.8 Å². The van der Waals surface area contributed by atoms with Crippen molar-refractivity contribution in [2.75, 3.05) is 18.9 Å². The average molecular weight is 503 g/mol. The highest BCUT2D eigenvalue weighted by Gasteiger charge is 2.26. The van der Waals surface area contributed by atoms with Crippen molar-refractivity contribution in [3.8, 4) is 16.9 Å². The number of aromatic nitrogens is 1. The largest absolute Gasteiger partial charge is 0.497 e. The third kappa shape index (κ3) is 4.52. The summed E-state index contributed by atoms with van der Waals surface area (Å²) in [5, 5.41) is 0.791. The van der Waals surface area contributed by atoms with Gasteiger partial charge in [-0.3, -0.25) is 4.72 Å². The summed E-state index contributed by atoms with van der Waals surface area (Å²) < 4.78 is 39.3. The van der Waals surface area contributed by atoms with Crippen LogP contribution in [0.15, 0.2) is 59.5 Å². The number of halogens is 1. The second kappa shape index (κ2) is 9.01. The van der Waals surface area contributed by atoms with Crippen LogP contribution >= 0.6 is 22.9 Å². The highest BCUT2D eigenvalue weighted by Crippen LogP contribution is 2.43. The quantitative estimate of drug-likeness (QED) is 0.349. The average Bonchev–Trinajstić information content (AvgIpc) is 3.18. The maximum absolute atomic E-state index is 13.2. The zero-order valence-corrected chi connectivity index (χ0v) is 20.3. The topological polar surface area (TPSA) is 94.6 Å². The maximum Gasteiger partial charge on any atom is 0.348 e. The molecule has 4 aromatic rings. The number of carbonyl (C=O) groups excluding carboxylic acids is 1. The zero-order valence-electron chi connectivity index (χ0n) is 17.9. The third-order valence-electron chi connectivity index (χ3n) is 4.87. The number of thiophene rings is 1. The Bertz CT molecular complexity index is 1480. The van der Waals surface area contributed by atoms with Crippen molar-refractivity contribution in [1.29, 1.82) is 0 Å². The molecule has 4 rings (SSSR count). The first kappa shape index (κ1) is 23.0. The molecule has 2 aromatic heterocycles. The Hall–Kier alpha value is -3.14. The Balaban J connectivity index is 1.99. The fraction of sp³-hybridized carbons (Fsp3) is 0.130. The lowest BCUT2D eigenvalue weighted by Crippen LogP contribution is -2.13. The monoisotopic (exact) mass is 502 g/mol. The highest BCUT2D eigenvalue weighted by molar-refractivity contribution is 7.92. The number of hydrogen-bond donors (Lipinski definition) is 1. The summed E-state index contributed by atoms with van der Waals surface area (Å²) in [6.45, 7) is 1.75. The van der Waals surface area contributed by atoms with Crippen LogP contribution in [-0.4, -0.2) is 33.6 Å². The van der Waals surface area contributed by atoms with Crippen LogP contribution < -0.4 is 9.46 Å². The summed E-state index contributed by atoms with van der Waals surface area (Å²) in [5.74, 6) is 0.0425. The molecule has 0 aliphatic rings. The number of nitrogens with zero attached hydrogens (tertiary/aromatic N) is 1. The van der Waals surface area contributed by atoms with Crippen molar-refractivity contribution in [2.45, 2.75) is 11.8 Å². The van der Waals surface area contributed by atoms with Crippen molar-refractivity contribution >= 4 is 54.8 Å². The number of esters is 1. The van der Waals surface area contributed by atoms with E-state index in [1.54, 1.807) is 50.4 Å². The van der Waals surface area contributed by atoms with Crippen LogP contribution in [0.1, 0.15) is 15.4 Å². The molecular formula is C23H19ClN2O5S2. The van der Waals surface area contributed by atoms with Gasteiger partial charge in [-0.25, -0.2) is 18.2 Å². The van der Waals surface area contributed by atoms with Crippen LogP contribution in [0.5, 0.6) is 5.75 Å². The molecule has 2 aromatic carbocycles. The second-order valence-corrected chi connectivity index (χ2v) is 10.2. The molecule has 7 nitrogen and oxygen atoms in total. The number of benzene rings is 2. The van der Waals surface area contributed by atoms with Gasteiger partial charge in [0.05, 0.1) is 24.8 Å². The van der Waals surface area contributed by atoms with Crippen LogP contribution in [0.3, 0.4) is 0 Å². The van der Waals surface area contributed by atoms with Gasteiger partial charge in [0.2, 0.25) is 0 Å². The van der Waals surface area contributed by atoms with Gasteiger partial charge in [0.25, 0.3) is 10.0 Å². The maximum atomic E-state index is 13.2.